The van der Waals surface area contributed by atoms with Gasteiger partial charge in [0.1, 0.15) is 6.10 Å². The zero-order chi connectivity index (χ0) is 20.2. The first-order valence-electron chi connectivity index (χ1n) is 10.6. The number of amides is 3. The molecular formula is C22H29N3O4. The summed E-state index contributed by atoms with van der Waals surface area (Å²) in [5.41, 5.74) is 1.20. The van der Waals surface area contributed by atoms with E-state index < -0.39 is 0 Å². The fourth-order valence-corrected chi connectivity index (χ4v) is 4.44. The minimum Gasteiger partial charge on any atom is -0.368 e. The maximum Gasteiger partial charge on any atom is 0.251 e. The summed E-state index contributed by atoms with van der Waals surface area (Å²) in [5, 5.41) is 0. The predicted octanol–water partition coefficient (Wildman–Crippen LogP) is 0.927. The van der Waals surface area contributed by atoms with Gasteiger partial charge >= 0.3 is 0 Å². The van der Waals surface area contributed by atoms with Gasteiger partial charge in [0, 0.05) is 52.3 Å². The molecule has 3 saturated heterocycles. The molecule has 2 atom stereocenters. The van der Waals surface area contributed by atoms with E-state index >= 15 is 0 Å². The zero-order valence-electron chi connectivity index (χ0n) is 16.8. The van der Waals surface area contributed by atoms with Crippen LogP contribution >= 0.6 is 0 Å². The Morgan fingerprint density at radius 1 is 1.00 bits per heavy atom. The molecule has 0 radical (unpaired) electrons. The molecule has 0 saturated carbocycles. The van der Waals surface area contributed by atoms with Crippen molar-refractivity contribution >= 4 is 17.7 Å². The summed E-state index contributed by atoms with van der Waals surface area (Å²) >= 11 is 0. The van der Waals surface area contributed by atoms with Crippen LogP contribution in [0, 0.1) is 5.92 Å². The van der Waals surface area contributed by atoms with Crippen LogP contribution in [0.3, 0.4) is 0 Å². The van der Waals surface area contributed by atoms with E-state index in [1.54, 1.807) is 0 Å². The lowest BCUT2D eigenvalue weighted by Gasteiger charge is -2.36. The highest BCUT2D eigenvalue weighted by atomic mass is 16.5. The number of benzene rings is 1. The molecule has 156 valence electrons. The second-order valence-corrected chi connectivity index (χ2v) is 8.13. The van der Waals surface area contributed by atoms with Crippen molar-refractivity contribution in [1.82, 2.24) is 14.7 Å². The third-order valence-electron chi connectivity index (χ3n) is 6.19. The third-order valence-corrected chi connectivity index (χ3v) is 6.19. The van der Waals surface area contributed by atoms with E-state index in [0.29, 0.717) is 52.3 Å². The van der Waals surface area contributed by atoms with Crippen LogP contribution in [0.15, 0.2) is 30.3 Å². The number of hydrogen-bond acceptors (Lipinski definition) is 4. The Morgan fingerprint density at radius 3 is 2.34 bits per heavy atom. The van der Waals surface area contributed by atoms with E-state index in [1.807, 2.05) is 32.9 Å². The van der Waals surface area contributed by atoms with Gasteiger partial charge in [-0.15, -0.1) is 0 Å². The number of piperazine rings is 1. The standard InChI is InChI=1S/C22H29N3O4/c26-20-15-18(16-25(20)9-8-17-5-2-1-3-6-17)21(27)23-10-12-24(13-11-23)22(28)19-7-4-14-29-19/h1-3,5-6,18-19H,4,7-16H2/t18-,19+/m1/s1. The third kappa shape index (κ3) is 4.61. The van der Waals surface area contributed by atoms with E-state index in [2.05, 4.69) is 12.1 Å². The van der Waals surface area contributed by atoms with E-state index in [-0.39, 0.29) is 29.7 Å². The van der Waals surface area contributed by atoms with Crippen LogP contribution < -0.4 is 0 Å². The minimum atomic E-state index is -0.303. The summed E-state index contributed by atoms with van der Waals surface area (Å²) < 4.78 is 5.49. The van der Waals surface area contributed by atoms with E-state index in [9.17, 15) is 14.4 Å². The highest BCUT2D eigenvalue weighted by molar-refractivity contribution is 5.89. The lowest BCUT2D eigenvalue weighted by Crippen LogP contribution is -2.54. The van der Waals surface area contributed by atoms with Gasteiger partial charge < -0.3 is 19.4 Å². The quantitative estimate of drug-likeness (QED) is 0.739. The zero-order valence-corrected chi connectivity index (χ0v) is 16.8. The van der Waals surface area contributed by atoms with Gasteiger partial charge in [-0.1, -0.05) is 30.3 Å². The fraction of sp³-hybridized carbons (Fsp3) is 0.591. The van der Waals surface area contributed by atoms with Crippen molar-refractivity contribution in [1.29, 1.82) is 0 Å². The van der Waals surface area contributed by atoms with E-state index in [0.717, 1.165) is 19.3 Å². The maximum atomic E-state index is 12.9. The minimum absolute atomic E-state index is 0.0461. The first-order valence-corrected chi connectivity index (χ1v) is 10.6. The van der Waals surface area contributed by atoms with Crippen LogP contribution in [0.1, 0.15) is 24.8 Å². The van der Waals surface area contributed by atoms with Gasteiger partial charge in [-0.25, -0.2) is 0 Å². The van der Waals surface area contributed by atoms with Crippen LogP contribution in [-0.2, 0) is 25.5 Å². The van der Waals surface area contributed by atoms with Gasteiger partial charge in [0.2, 0.25) is 11.8 Å². The summed E-state index contributed by atoms with van der Waals surface area (Å²) in [6.07, 6.45) is 2.52. The molecule has 3 heterocycles. The molecule has 3 fully saturated rings. The molecule has 4 rings (SSSR count). The Kier molecular flexibility index (Phi) is 6.13. The smallest absolute Gasteiger partial charge is 0.251 e. The summed E-state index contributed by atoms with van der Waals surface area (Å²) in [6.45, 7) is 3.96. The van der Waals surface area contributed by atoms with Crippen LogP contribution in [0.5, 0.6) is 0 Å². The summed E-state index contributed by atoms with van der Waals surface area (Å²) in [5.74, 6) is -0.104. The molecule has 0 N–H and O–H groups in total. The molecular weight excluding hydrogens is 370 g/mol. The Morgan fingerprint density at radius 2 is 1.69 bits per heavy atom. The van der Waals surface area contributed by atoms with E-state index in [1.165, 1.54) is 5.56 Å². The summed E-state index contributed by atoms with van der Waals surface area (Å²) in [7, 11) is 0. The van der Waals surface area contributed by atoms with Gasteiger partial charge in [-0.2, -0.15) is 0 Å². The molecule has 3 aliphatic heterocycles. The van der Waals surface area contributed by atoms with Crippen molar-refractivity contribution in [3.63, 3.8) is 0 Å². The molecule has 0 bridgehead atoms. The van der Waals surface area contributed by atoms with Crippen LogP contribution in [0.25, 0.3) is 0 Å². The Balaban J connectivity index is 1.25. The van der Waals surface area contributed by atoms with Gasteiger partial charge in [-0.05, 0) is 24.8 Å². The summed E-state index contributed by atoms with van der Waals surface area (Å²) in [6, 6.07) is 10.1. The first kappa shape index (κ1) is 19.9. The van der Waals surface area contributed by atoms with Crippen LogP contribution in [0.2, 0.25) is 0 Å². The van der Waals surface area contributed by atoms with Gasteiger partial charge in [-0.3, -0.25) is 14.4 Å². The molecule has 0 unspecified atom stereocenters. The molecule has 7 nitrogen and oxygen atoms in total. The Hall–Kier alpha value is -2.41. The summed E-state index contributed by atoms with van der Waals surface area (Å²) in [4.78, 5) is 43.2. The second-order valence-electron chi connectivity index (χ2n) is 8.13. The number of nitrogens with zero attached hydrogens (tertiary/aromatic N) is 3. The number of carbonyl (C=O) groups is 3. The predicted molar refractivity (Wildman–Crippen MR) is 107 cm³/mol. The van der Waals surface area contributed by atoms with Gasteiger partial charge in [0.15, 0.2) is 0 Å². The molecule has 7 heteroatoms. The van der Waals surface area contributed by atoms with Crippen molar-refractivity contribution < 1.29 is 19.1 Å². The monoisotopic (exact) mass is 399 g/mol. The lowest BCUT2D eigenvalue weighted by atomic mass is 10.1. The molecule has 29 heavy (non-hydrogen) atoms. The molecule has 0 aromatic heterocycles. The topological polar surface area (TPSA) is 70.2 Å². The largest absolute Gasteiger partial charge is 0.368 e. The van der Waals surface area contributed by atoms with Crippen LogP contribution in [-0.4, -0.2) is 84.4 Å². The SMILES string of the molecule is O=C1C[C@@H](C(=O)N2CCN(C(=O)[C@@H]3CCCO3)CC2)CN1CCc1ccccc1. The molecule has 1 aromatic rings. The van der Waals surface area contributed by atoms with Crippen molar-refractivity contribution in [2.75, 3.05) is 45.9 Å². The highest BCUT2D eigenvalue weighted by Gasteiger charge is 2.38. The van der Waals surface area contributed by atoms with Gasteiger partial charge in [0.25, 0.3) is 5.91 Å². The number of carbonyl (C=O) groups excluding carboxylic acids is 3. The number of ether oxygens (including phenoxy) is 1. The average Bonchev–Trinajstić information content (AvgIpc) is 3.42. The highest BCUT2D eigenvalue weighted by Crippen LogP contribution is 2.22. The average molecular weight is 399 g/mol. The van der Waals surface area contributed by atoms with Crippen molar-refractivity contribution in [3.05, 3.63) is 35.9 Å². The number of hydrogen-bond donors (Lipinski definition) is 0. The first-order chi connectivity index (χ1) is 14.1. The van der Waals surface area contributed by atoms with Gasteiger partial charge in [0.05, 0.1) is 5.92 Å². The maximum absolute atomic E-state index is 12.9. The van der Waals surface area contributed by atoms with Crippen molar-refractivity contribution in [2.24, 2.45) is 5.92 Å². The van der Waals surface area contributed by atoms with Crippen molar-refractivity contribution in [2.45, 2.75) is 31.8 Å². The second kappa shape index (κ2) is 8.95. The number of rotatable bonds is 5. The lowest BCUT2D eigenvalue weighted by molar-refractivity contribution is -0.147. The number of likely N-dealkylation sites (tertiary alicyclic amines) is 1. The van der Waals surface area contributed by atoms with E-state index in [4.69, 9.17) is 4.74 Å². The normalized spacial score (nSPS) is 25.0. The fourth-order valence-electron chi connectivity index (χ4n) is 4.44. The van der Waals surface area contributed by atoms with Crippen LogP contribution in [0.4, 0.5) is 0 Å². The Bertz CT molecular complexity index is 740. The molecule has 3 amide bonds. The molecule has 0 aliphatic carbocycles. The Labute approximate surface area is 171 Å². The molecule has 1 aromatic carbocycles. The molecule has 0 spiro atoms. The molecule has 3 aliphatic rings. The van der Waals surface area contributed by atoms with Crippen molar-refractivity contribution in [3.8, 4) is 0 Å².